The van der Waals surface area contributed by atoms with Crippen LogP contribution in [0, 0.1) is 0 Å². The van der Waals surface area contributed by atoms with Crippen LogP contribution >= 0.6 is 22.7 Å². The summed E-state index contributed by atoms with van der Waals surface area (Å²) in [7, 11) is 0. The molecule has 4 nitrogen and oxygen atoms in total. The Kier molecular flexibility index (Phi) is 3.66. The zero-order valence-electron chi connectivity index (χ0n) is 8.47. The molecular formula is C10H11N3OS2. The molecule has 2 aromatic rings. The van der Waals surface area contributed by atoms with E-state index in [0.29, 0.717) is 16.6 Å². The first-order valence-corrected chi connectivity index (χ1v) is 6.55. The fourth-order valence-electron chi connectivity index (χ4n) is 1.19. The van der Waals surface area contributed by atoms with Gasteiger partial charge >= 0.3 is 0 Å². The molecule has 0 aromatic carbocycles. The second kappa shape index (κ2) is 5.20. The van der Waals surface area contributed by atoms with Crippen LogP contribution in [0.5, 0.6) is 0 Å². The van der Waals surface area contributed by atoms with E-state index in [-0.39, 0.29) is 5.91 Å². The van der Waals surface area contributed by atoms with Crippen LogP contribution in [-0.2, 0) is 6.42 Å². The number of hydrogen-bond donors (Lipinski definition) is 2. The van der Waals surface area contributed by atoms with E-state index in [4.69, 9.17) is 5.73 Å². The van der Waals surface area contributed by atoms with Gasteiger partial charge in [0.2, 0.25) is 0 Å². The highest BCUT2D eigenvalue weighted by molar-refractivity contribution is 7.14. The molecular weight excluding hydrogens is 242 g/mol. The highest BCUT2D eigenvalue weighted by Crippen LogP contribution is 2.17. The number of hydrogen-bond acceptors (Lipinski definition) is 5. The molecule has 0 saturated carbocycles. The summed E-state index contributed by atoms with van der Waals surface area (Å²) in [5.41, 5.74) is 6.35. The van der Waals surface area contributed by atoms with Crippen molar-refractivity contribution in [2.24, 2.45) is 5.73 Å². The SMILES string of the molecule is NCCc1csc(NC(=O)c2cccs2)n1. The predicted octanol–water partition coefficient (Wildman–Crippen LogP) is 1.96. The molecule has 2 rings (SSSR count). The molecule has 6 heteroatoms. The number of thiophene rings is 1. The first-order valence-electron chi connectivity index (χ1n) is 4.79. The lowest BCUT2D eigenvalue weighted by Crippen LogP contribution is -2.10. The van der Waals surface area contributed by atoms with Gasteiger partial charge in [0, 0.05) is 11.8 Å². The number of aromatic nitrogens is 1. The summed E-state index contributed by atoms with van der Waals surface area (Å²) in [5, 5.41) is 7.17. The highest BCUT2D eigenvalue weighted by atomic mass is 32.1. The van der Waals surface area contributed by atoms with Crippen LogP contribution in [0.15, 0.2) is 22.9 Å². The lowest BCUT2D eigenvalue weighted by molar-refractivity contribution is 0.103. The molecule has 0 aliphatic heterocycles. The zero-order chi connectivity index (χ0) is 11.4. The van der Waals surface area contributed by atoms with Crippen molar-refractivity contribution in [3.63, 3.8) is 0 Å². The minimum atomic E-state index is -0.108. The van der Waals surface area contributed by atoms with Gasteiger partial charge < -0.3 is 5.73 Å². The smallest absolute Gasteiger partial charge is 0.267 e. The van der Waals surface area contributed by atoms with Gasteiger partial charge in [0.1, 0.15) is 0 Å². The Morgan fingerprint density at radius 1 is 1.50 bits per heavy atom. The Balaban J connectivity index is 2.01. The molecule has 0 fully saturated rings. The van der Waals surface area contributed by atoms with Gasteiger partial charge in [0.05, 0.1) is 10.6 Å². The van der Waals surface area contributed by atoms with Gasteiger partial charge in [-0.3, -0.25) is 10.1 Å². The summed E-state index contributed by atoms with van der Waals surface area (Å²) in [6, 6.07) is 3.63. The molecule has 84 valence electrons. The fraction of sp³-hybridized carbons (Fsp3) is 0.200. The maximum Gasteiger partial charge on any atom is 0.267 e. The number of amides is 1. The maximum absolute atomic E-state index is 11.7. The van der Waals surface area contributed by atoms with E-state index in [2.05, 4.69) is 10.3 Å². The first-order chi connectivity index (χ1) is 7.79. The lowest BCUT2D eigenvalue weighted by Gasteiger charge is -1.97. The van der Waals surface area contributed by atoms with Gasteiger partial charge in [-0.2, -0.15) is 0 Å². The minimum Gasteiger partial charge on any atom is -0.330 e. The van der Waals surface area contributed by atoms with Crippen molar-refractivity contribution in [3.05, 3.63) is 33.5 Å². The molecule has 0 unspecified atom stereocenters. The van der Waals surface area contributed by atoms with Crippen molar-refractivity contribution in [2.75, 3.05) is 11.9 Å². The van der Waals surface area contributed by atoms with Crippen LogP contribution in [0.25, 0.3) is 0 Å². The molecule has 0 bridgehead atoms. The average Bonchev–Trinajstić information content (AvgIpc) is 2.89. The number of nitrogens with one attached hydrogen (secondary N) is 1. The molecule has 0 aliphatic carbocycles. The number of thiazole rings is 1. The molecule has 1 amide bonds. The van der Waals surface area contributed by atoms with E-state index in [1.807, 2.05) is 16.8 Å². The predicted molar refractivity (Wildman–Crippen MR) is 67.1 cm³/mol. The van der Waals surface area contributed by atoms with Gasteiger partial charge in [0.15, 0.2) is 5.13 Å². The van der Waals surface area contributed by atoms with E-state index in [1.54, 1.807) is 6.07 Å². The third kappa shape index (κ3) is 2.66. The van der Waals surface area contributed by atoms with Crippen molar-refractivity contribution < 1.29 is 4.79 Å². The number of anilines is 1. The molecule has 16 heavy (non-hydrogen) atoms. The highest BCUT2D eigenvalue weighted by Gasteiger charge is 2.09. The van der Waals surface area contributed by atoms with Gasteiger partial charge in [-0.05, 0) is 18.0 Å². The second-order valence-corrected chi connectivity index (χ2v) is 4.92. The summed E-state index contributed by atoms with van der Waals surface area (Å²) < 4.78 is 0. The summed E-state index contributed by atoms with van der Waals surface area (Å²) in [6.07, 6.45) is 0.741. The summed E-state index contributed by atoms with van der Waals surface area (Å²) in [6.45, 7) is 0.571. The van der Waals surface area contributed by atoms with Crippen LogP contribution in [0.4, 0.5) is 5.13 Å². The Morgan fingerprint density at radius 3 is 3.06 bits per heavy atom. The molecule has 0 saturated heterocycles. The van der Waals surface area contributed by atoms with Crippen LogP contribution in [-0.4, -0.2) is 17.4 Å². The molecule has 2 heterocycles. The minimum absolute atomic E-state index is 0.108. The Hall–Kier alpha value is -1.24. The van der Waals surface area contributed by atoms with Crippen molar-refractivity contribution in [1.29, 1.82) is 0 Å². The number of carbonyl (C=O) groups excluding carboxylic acids is 1. The summed E-state index contributed by atoms with van der Waals surface area (Å²) in [5.74, 6) is -0.108. The molecule has 0 spiro atoms. The maximum atomic E-state index is 11.7. The number of nitrogens with zero attached hydrogens (tertiary/aromatic N) is 1. The Bertz CT molecular complexity index is 464. The Labute approximate surface area is 101 Å². The van der Waals surface area contributed by atoms with Crippen molar-refractivity contribution >= 4 is 33.7 Å². The van der Waals surface area contributed by atoms with Crippen molar-refractivity contribution in [3.8, 4) is 0 Å². The van der Waals surface area contributed by atoms with E-state index in [9.17, 15) is 4.79 Å². The molecule has 0 radical (unpaired) electrons. The summed E-state index contributed by atoms with van der Waals surface area (Å²) in [4.78, 5) is 16.6. The van der Waals surface area contributed by atoms with E-state index < -0.39 is 0 Å². The van der Waals surface area contributed by atoms with Gasteiger partial charge in [0.25, 0.3) is 5.91 Å². The molecule has 0 aliphatic rings. The fourth-order valence-corrected chi connectivity index (χ4v) is 2.55. The van der Waals surface area contributed by atoms with Crippen LogP contribution in [0.2, 0.25) is 0 Å². The molecule has 0 atom stereocenters. The van der Waals surface area contributed by atoms with Gasteiger partial charge in [-0.15, -0.1) is 22.7 Å². The molecule has 2 aromatic heterocycles. The van der Waals surface area contributed by atoms with E-state index in [1.165, 1.54) is 22.7 Å². The standard InChI is InChI=1S/C10H11N3OS2/c11-4-3-7-6-16-10(12-7)13-9(14)8-2-1-5-15-8/h1-2,5-6H,3-4,11H2,(H,12,13,14). The normalized spacial score (nSPS) is 10.3. The lowest BCUT2D eigenvalue weighted by atomic mass is 10.3. The number of nitrogens with two attached hydrogens (primary N) is 1. The van der Waals surface area contributed by atoms with Crippen LogP contribution in [0.3, 0.4) is 0 Å². The first kappa shape index (κ1) is 11.3. The quantitative estimate of drug-likeness (QED) is 0.875. The zero-order valence-corrected chi connectivity index (χ0v) is 10.1. The second-order valence-electron chi connectivity index (χ2n) is 3.11. The van der Waals surface area contributed by atoms with Gasteiger partial charge in [-0.25, -0.2) is 4.98 Å². The van der Waals surface area contributed by atoms with Crippen molar-refractivity contribution in [2.45, 2.75) is 6.42 Å². The third-order valence-electron chi connectivity index (χ3n) is 1.92. The van der Waals surface area contributed by atoms with Gasteiger partial charge in [-0.1, -0.05) is 6.07 Å². The largest absolute Gasteiger partial charge is 0.330 e. The van der Waals surface area contributed by atoms with E-state index >= 15 is 0 Å². The van der Waals surface area contributed by atoms with Crippen molar-refractivity contribution in [1.82, 2.24) is 4.98 Å². The number of carbonyl (C=O) groups is 1. The topological polar surface area (TPSA) is 68.0 Å². The monoisotopic (exact) mass is 253 g/mol. The summed E-state index contributed by atoms with van der Waals surface area (Å²) >= 11 is 2.83. The molecule has 3 N–H and O–H groups in total. The average molecular weight is 253 g/mol. The Morgan fingerprint density at radius 2 is 2.38 bits per heavy atom. The number of rotatable bonds is 4. The van der Waals surface area contributed by atoms with E-state index in [0.717, 1.165) is 12.1 Å². The van der Waals surface area contributed by atoms with Crippen LogP contribution in [0.1, 0.15) is 15.4 Å². The van der Waals surface area contributed by atoms with Crippen LogP contribution < -0.4 is 11.1 Å². The third-order valence-corrected chi connectivity index (χ3v) is 3.59.